The zero-order chi connectivity index (χ0) is 18.7. The first-order chi connectivity index (χ1) is 12.3. The topological polar surface area (TPSA) is 72.8 Å². The van der Waals surface area contributed by atoms with Crippen molar-refractivity contribution in [2.75, 3.05) is 20.1 Å². The van der Waals surface area contributed by atoms with E-state index in [0.29, 0.717) is 25.3 Å². The number of likely N-dealkylation sites (N-methyl/N-ethyl adjacent to an activating group) is 1. The van der Waals surface area contributed by atoms with E-state index < -0.39 is 11.0 Å². The van der Waals surface area contributed by atoms with E-state index in [2.05, 4.69) is 31.1 Å². The van der Waals surface area contributed by atoms with Crippen molar-refractivity contribution < 1.29 is 15.0 Å². The van der Waals surface area contributed by atoms with E-state index in [0.717, 1.165) is 24.9 Å². The molecule has 5 nitrogen and oxygen atoms in total. The van der Waals surface area contributed by atoms with Gasteiger partial charge in [0.2, 0.25) is 5.91 Å². The van der Waals surface area contributed by atoms with Crippen molar-refractivity contribution in [1.82, 2.24) is 10.2 Å². The van der Waals surface area contributed by atoms with Crippen LogP contribution in [0.4, 0.5) is 0 Å². The SMILES string of the molecule is CC(C)CNC(=O)C1CC23CCN(C)C(Cc4ccc(O)cc42)C3(O)C1. The number of carbonyl (C=O) groups is 1. The summed E-state index contributed by atoms with van der Waals surface area (Å²) >= 11 is 0. The van der Waals surface area contributed by atoms with Gasteiger partial charge in [0, 0.05) is 23.9 Å². The Balaban J connectivity index is 1.74. The van der Waals surface area contributed by atoms with Gasteiger partial charge in [0.15, 0.2) is 0 Å². The summed E-state index contributed by atoms with van der Waals surface area (Å²) in [6.45, 7) is 5.74. The van der Waals surface area contributed by atoms with Crippen molar-refractivity contribution in [3.63, 3.8) is 0 Å². The van der Waals surface area contributed by atoms with Crippen molar-refractivity contribution >= 4 is 5.91 Å². The Morgan fingerprint density at radius 2 is 2.15 bits per heavy atom. The molecule has 2 bridgehead atoms. The molecule has 1 heterocycles. The number of carbonyl (C=O) groups excluding carboxylic acids is 1. The van der Waals surface area contributed by atoms with Crippen molar-refractivity contribution in [3.05, 3.63) is 29.3 Å². The fourth-order valence-corrected chi connectivity index (χ4v) is 5.73. The number of benzene rings is 1. The highest BCUT2D eigenvalue weighted by Gasteiger charge is 2.67. The third kappa shape index (κ3) is 2.40. The molecule has 1 aromatic rings. The lowest BCUT2D eigenvalue weighted by Gasteiger charge is -2.58. The van der Waals surface area contributed by atoms with Gasteiger partial charge >= 0.3 is 0 Å². The molecule has 0 aromatic heterocycles. The fraction of sp³-hybridized carbons (Fsp3) is 0.667. The van der Waals surface area contributed by atoms with E-state index in [1.54, 1.807) is 6.07 Å². The molecule has 2 fully saturated rings. The Morgan fingerprint density at radius 3 is 2.88 bits per heavy atom. The molecule has 1 aliphatic heterocycles. The Morgan fingerprint density at radius 1 is 1.38 bits per heavy atom. The molecule has 0 spiro atoms. The lowest BCUT2D eigenvalue weighted by molar-refractivity contribution is -0.129. The number of rotatable bonds is 3. The van der Waals surface area contributed by atoms with E-state index in [-0.39, 0.29) is 23.6 Å². The summed E-state index contributed by atoms with van der Waals surface area (Å²) in [6, 6.07) is 5.58. The van der Waals surface area contributed by atoms with Gasteiger partial charge in [0.05, 0.1) is 5.60 Å². The number of hydrogen-bond donors (Lipinski definition) is 3. The number of aromatic hydroxyl groups is 1. The molecule has 1 saturated carbocycles. The minimum Gasteiger partial charge on any atom is -0.508 e. The molecule has 142 valence electrons. The van der Waals surface area contributed by atoms with Gasteiger partial charge in [-0.15, -0.1) is 0 Å². The van der Waals surface area contributed by atoms with Crippen LogP contribution in [0.1, 0.15) is 44.2 Å². The van der Waals surface area contributed by atoms with E-state index in [9.17, 15) is 15.0 Å². The van der Waals surface area contributed by atoms with Crippen LogP contribution >= 0.6 is 0 Å². The molecule has 4 unspecified atom stereocenters. The number of phenolic OH excluding ortho intramolecular Hbond substituents is 1. The smallest absolute Gasteiger partial charge is 0.223 e. The molecule has 4 atom stereocenters. The number of nitrogens with one attached hydrogen (secondary N) is 1. The molecule has 0 radical (unpaired) electrons. The Bertz CT molecular complexity index is 734. The summed E-state index contributed by atoms with van der Waals surface area (Å²) in [6.07, 6.45) is 2.75. The molecule has 5 heteroatoms. The third-order valence-electron chi connectivity index (χ3n) is 7.03. The van der Waals surface area contributed by atoms with Crippen LogP contribution in [-0.2, 0) is 16.6 Å². The van der Waals surface area contributed by atoms with Gasteiger partial charge in [-0.1, -0.05) is 19.9 Å². The zero-order valence-electron chi connectivity index (χ0n) is 16.0. The van der Waals surface area contributed by atoms with E-state index in [1.165, 1.54) is 5.56 Å². The average Bonchev–Trinajstić information content (AvgIpc) is 2.92. The molecule has 4 rings (SSSR count). The summed E-state index contributed by atoms with van der Waals surface area (Å²) in [4.78, 5) is 15.0. The van der Waals surface area contributed by atoms with Gasteiger partial charge in [0.1, 0.15) is 5.75 Å². The maximum absolute atomic E-state index is 12.8. The molecule has 3 aliphatic rings. The summed E-state index contributed by atoms with van der Waals surface area (Å²) in [5, 5.41) is 25.0. The van der Waals surface area contributed by atoms with Gasteiger partial charge in [0.25, 0.3) is 0 Å². The Hall–Kier alpha value is -1.59. The number of fused-ring (bicyclic) bond motifs is 1. The number of phenols is 1. The second-order valence-corrected chi connectivity index (χ2v) is 9.04. The molecular weight excluding hydrogens is 328 g/mol. The van der Waals surface area contributed by atoms with E-state index >= 15 is 0 Å². The summed E-state index contributed by atoms with van der Waals surface area (Å²) in [5.41, 5.74) is 0.910. The zero-order valence-corrected chi connectivity index (χ0v) is 16.0. The first-order valence-electron chi connectivity index (χ1n) is 9.79. The molecule has 1 aromatic carbocycles. The second kappa shape index (κ2) is 5.96. The van der Waals surface area contributed by atoms with Gasteiger partial charge in [-0.25, -0.2) is 0 Å². The standard InChI is InChI=1S/C21H30N2O3/c1-13(2)12-22-19(25)15-10-20-6-7-23(3)18(21(20,26)11-15)8-14-4-5-16(24)9-17(14)20/h4-5,9,13,15,18,24,26H,6-8,10-12H2,1-3H3,(H,22,25). The number of aliphatic hydroxyl groups is 1. The first kappa shape index (κ1) is 17.8. The van der Waals surface area contributed by atoms with Crippen molar-refractivity contribution in [2.24, 2.45) is 11.8 Å². The Labute approximate surface area is 155 Å². The molecule has 2 aliphatic carbocycles. The third-order valence-corrected chi connectivity index (χ3v) is 7.03. The van der Waals surface area contributed by atoms with Gasteiger partial charge in [-0.3, -0.25) is 4.79 Å². The van der Waals surface area contributed by atoms with Crippen LogP contribution < -0.4 is 5.32 Å². The molecule has 1 saturated heterocycles. The summed E-state index contributed by atoms with van der Waals surface area (Å²) in [5.74, 6) is 0.532. The monoisotopic (exact) mass is 358 g/mol. The highest BCUT2D eigenvalue weighted by Crippen LogP contribution is 2.61. The second-order valence-electron chi connectivity index (χ2n) is 9.04. The predicted octanol–water partition coefficient (Wildman–Crippen LogP) is 1.80. The minimum atomic E-state index is -0.916. The number of hydrogen-bond acceptors (Lipinski definition) is 4. The summed E-state index contributed by atoms with van der Waals surface area (Å²) in [7, 11) is 2.07. The van der Waals surface area contributed by atoms with Crippen LogP contribution in [0.2, 0.25) is 0 Å². The molecular formula is C21H30N2O3. The van der Waals surface area contributed by atoms with Crippen molar-refractivity contribution in [3.8, 4) is 5.75 Å². The fourth-order valence-electron chi connectivity index (χ4n) is 5.73. The van der Waals surface area contributed by atoms with E-state index in [1.807, 2.05) is 12.1 Å². The number of piperidine rings is 1. The molecule has 1 amide bonds. The molecule has 3 N–H and O–H groups in total. The van der Waals surface area contributed by atoms with Crippen molar-refractivity contribution in [1.29, 1.82) is 0 Å². The van der Waals surface area contributed by atoms with Crippen LogP contribution in [0.3, 0.4) is 0 Å². The first-order valence-corrected chi connectivity index (χ1v) is 9.79. The van der Waals surface area contributed by atoms with Crippen LogP contribution in [0, 0.1) is 11.8 Å². The Kier molecular flexibility index (Phi) is 4.08. The highest BCUT2D eigenvalue weighted by atomic mass is 16.3. The number of amides is 1. The van der Waals surface area contributed by atoms with E-state index in [4.69, 9.17) is 0 Å². The number of nitrogens with zero attached hydrogens (tertiary/aromatic N) is 1. The highest BCUT2D eigenvalue weighted by molar-refractivity contribution is 5.80. The summed E-state index contributed by atoms with van der Waals surface area (Å²) < 4.78 is 0. The van der Waals surface area contributed by atoms with Crippen LogP contribution in [-0.4, -0.2) is 52.8 Å². The van der Waals surface area contributed by atoms with Gasteiger partial charge < -0.3 is 20.4 Å². The molecule has 26 heavy (non-hydrogen) atoms. The quantitative estimate of drug-likeness (QED) is 0.770. The minimum absolute atomic E-state index is 0.0243. The lowest BCUT2D eigenvalue weighted by atomic mass is 9.56. The lowest BCUT2D eigenvalue weighted by Crippen LogP contribution is -2.68. The predicted molar refractivity (Wildman–Crippen MR) is 100 cm³/mol. The largest absolute Gasteiger partial charge is 0.508 e. The van der Waals surface area contributed by atoms with Crippen molar-refractivity contribution in [2.45, 2.75) is 56.6 Å². The maximum atomic E-state index is 12.8. The van der Waals surface area contributed by atoms with Gasteiger partial charge in [-0.05, 0) is 68.5 Å². The van der Waals surface area contributed by atoms with Crippen LogP contribution in [0.5, 0.6) is 5.75 Å². The van der Waals surface area contributed by atoms with Gasteiger partial charge in [-0.2, -0.15) is 0 Å². The maximum Gasteiger partial charge on any atom is 0.223 e. The van der Waals surface area contributed by atoms with Crippen LogP contribution in [0.15, 0.2) is 18.2 Å². The average molecular weight is 358 g/mol. The normalized spacial score (nSPS) is 35.9. The number of likely N-dealkylation sites (tertiary alicyclic amines) is 1. The van der Waals surface area contributed by atoms with Crippen LogP contribution in [0.25, 0.3) is 0 Å².